The number of amides is 1. The van der Waals surface area contributed by atoms with Gasteiger partial charge in [0.05, 0.1) is 6.61 Å². The van der Waals surface area contributed by atoms with E-state index < -0.39 is 0 Å². The number of aryl methyl sites for hydroxylation is 2. The van der Waals surface area contributed by atoms with Crippen molar-refractivity contribution >= 4 is 17.2 Å². The van der Waals surface area contributed by atoms with E-state index in [1.165, 1.54) is 0 Å². The number of fused-ring (bicyclic) bond motifs is 1. The van der Waals surface area contributed by atoms with Crippen LogP contribution >= 0.6 is 0 Å². The lowest BCUT2D eigenvalue weighted by Gasteiger charge is -2.25. The molecule has 0 aliphatic heterocycles. The molecule has 1 unspecified atom stereocenters. The van der Waals surface area contributed by atoms with E-state index in [0.717, 1.165) is 40.8 Å². The number of aromatic nitrogens is 1. The topological polar surface area (TPSA) is 64.8 Å². The first-order chi connectivity index (χ1) is 15.0. The molecule has 0 fully saturated rings. The van der Waals surface area contributed by atoms with Crippen LogP contribution in [0.15, 0.2) is 46.9 Å². The minimum atomic E-state index is -0.263. The van der Waals surface area contributed by atoms with Gasteiger partial charge >= 0.3 is 6.09 Å². The smallest absolute Gasteiger partial charge is 0.410 e. The summed E-state index contributed by atoms with van der Waals surface area (Å²) in [5.41, 5.74) is 3.57. The molecule has 1 aromatic heterocycles. The Bertz CT molecular complexity index is 984. The highest BCUT2D eigenvalue weighted by Crippen LogP contribution is 2.28. The summed E-state index contributed by atoms with van der Waals surface area (Å²) in [4.78, 5) is 18.7. The molecule has 3 rings (SSSR count). The molecule has 0 N–H and O–H groups in total. The maximum Gasteiger partial charge on any atom is 0.410 e. The molecule has 1 atom stereocenters. The fourth-order valence-electron chi connectivity index (χ4n) is 3.55. The summed E-state index contributed by atoms with van der Waals surface area (Å²) in [5.74, 6) is 1.75. The summed E-state index contributed by atoms with van der Waals surface area (Å²) in [5, 5.41) is 0. The van der Waals surface area contributed by atoms with E-state index in [4.69, 9.17) is 13.9 Å². The van der Waals surface area contributed by atoms with Crippen LogP contribution in [-0.4, -0.2) is 35.7 Å². The van der Waals surface area contributed by atoms with Gasteiger partial charge in [0, 0.05) is 25.6 Å². The van der Waals surface area contributed by atoms with E-state index in [2.05, 4.69) is 18.8 Å². The van der Waals surface area contributed by atoms with Crippen LogP contribution < -0.4 is 4.74 Å². The normalized spacial score (nSPS) is 12.0. The van der Waals surface area contributed by atoms with Gasteiger partial charge in [-0.15, -0.1) is 0 Å². The van der Waals surface area contributed by atoms with E-state index in [1.54, 1.807) is 4.90 Å². The second kappa shape index (κ2) is 10.8. The number of carbonyl (C=O) groups is 1. The fourth-order valence-corrected chi connectivity index (χ4v) is 3.55. The SMILES string of the molecule is CCCN(CC(C)CCOc1ccc2nc(C)oc2c1C)C(=O)OCc1ccccc1. The Morgan fingerprint density at radius 1 is 1.16 bits per heavy atom. The van der Waals surface area contributed by atoms with Crippen LogP contribution in [0.5, 0.6) is 5.75 Å². The highest BCUT2D eigenvalue weighted by Gasteiger charge is 2.18. The largest absolute Gasteiger partial charge is 0.493 e. The Morgan fingerprint density at radius 2 is 1.94 bits per heavy atom. The third kappa shape index (κ3) is 6.23. The Kier molecular flexibility index (Phi) is 7.93. The van der Waals surface area contributed by atoms with Crippen LogP contribution in [0.2, 0.25) is 0 Å². The van der Waals surface area contributed by atoms with Crippen LogP contribution in [0, 0.1) is 19.8 Å². The monoisotopic (exact) mass is 424 g/mol. The van der Waals surface area contributed by atoms with Crippen molar-refractivity contribution in [2.75, 3.05) is 19.7 Å². The lowest BCUT2D eigenvalue weighted by Crippen LogP contribution is -2.36. The van der Waals surface area contributed by atoms with Gasteiger partial charge in [-0.1, -0.05) is 44.2 Å². The predicted molar refractivity (Wildman–Crippen MR) is 121 cm³/mol. The summed E-state index contributed by atoms with van der Waals surface area (Å²) < 4.78 is 17.2. The molecule has 31 heavy (non-hydrogen) atoms. The first-order valence-electron chi connectivity index (χ1n) is 10.9. The number of nitrogens with zero attached hydrogens (tertiary/aromatic N) is 2. The van der Waals surface area contributed by atoms with Gasteiger partial charge in [-0.05, 0) is 43.4 Å². The molecular weight excluding hydrogens is 392 g/mol. The van der Waals surface area contributed by atoms with Crippen molar-refractivity contribution in [2.45, 2.75) is 47.1 Å². The van der Waals surface area contributed by atoms with E-state index in [9.17, 15) is 4.79 Å². The molecule has 0 radical (unpaired) electrons. The quantitative estimate of drug-likeness (QED) is 0.405. The highest BCUT2D eigenvalue weighted by atomic mass is 16.6. The molecule has 1 amide bonds. The Labute approximate surface area is 184 Å². The van der Waals surface area contributed by atoms with E-state index in [0.29, 0.717) is 32.2 Å². The number of carbonyl (C=O) groups excluding carboxylic acids is 1. The van der Waals surface area contributed by atoms with E-state index in [1.807, 2.05) is 56.3 Å². The molecular formula is C25H32N2O4. The molecule has 0 bridgehead atoms. The molecule has 2 aromatic carbocycles. The lowest BCUT2D eigenvalue weighted by molar-refractivity contribution is 0.0894. The van der Waals surface area contributed by atoms with Gasteiger partial charge < -0.3 is 18.8 Å². The van der Waals surface area contributed by atoms with Gasteiger partial charge in [-0.3, -0.25) is 0 Å². The molecule has 3 aromatic rings. The van der Waals surface area contributed by atoms with E-state index in [-0.39, 0.29) is 12.0 Å². The van der Waals surface area contributed by atoms with Crippen LogP contribution in [0.25, 0.3) is 11.1 Å². The van der Waals surface area contributed by atoms with Crippen molar-refractivity contribution in [3.8, 4) is 5.75 Å². The molecule has 0 aliphatic carbocycles. The zero-order chi connectivity index (χ0) is 22.2. The fraction of sp³-hybridized carbons (Fsp3) is 0.440. The van der Waals surface area contributed by atoms with Gasteiger partial charge in [-0.25, -0.2) is 9.78 Å². The first kappa shape index (κ1) is 22.7. The van der Waals surface area contributed by atoms with Gasteiger partial charge in [0.25, 0.3) is 0 Å². The molecule has 0 aliphatic rings. The van der Waals surface area contributed by atoms with Crippen LogP contribution in [0.3, 0.4) is 0 Å². The average Bonchev–Trinajstić information content (AvgIpc) is 3.15. The van der Waals surface area contributed by atoms with Crippen LogP contribution in [0.1, 0.15) is 43.7 Å². The molecule has 0 saturated heterocycles. The van der Waals surface area contributed by atoms with Crippen LogP contribution in [-0.2, 0) is 11.3 Å². The standard InChI is InChI=1S/C25H32N2O4/c1-5-14-27(25(28)30-17-21-9-7-6-8-10-21)16-18(2)13-15-29-23-12-11-22-24(19(23)3)31-20(4)26-22/h6-12,18H,5,13-17H2,1-4H3. The molecule has 0 spiro atoms. The number of ether oxygens (including phenoxy) is 2. The maximum absolute atomic E-state index is 12.6. The average molecular weight is 425 g/mol. The minimum Gasteiger partial charge on any atom is -0.493 e. The van der Waals surface area contributed by atoms with Crippen LogP contribution in [0.4, 0.5) is 4.79 Å². The second-order valence-corrected chi connectivity index (χ2v) is 8.00. The third-order valence-electron chi connectivity index (χ3n) is 5.22. The number of oxazole rings is 1. The van der Waals surface area contributed by atoms with Crippen molar-refractivity contribution in [1.29, 1.82) is 0 Å². The van der Waals surface area contributed by atoms with Gasteiger partial charge in [0.1, 0.15) is 17.9 Å². The summed E-state index contributed by atoms with van der Waals surface area (Å²) in [6.45, 7) is 10.2. The Hall–Kier alpha value is -3.02. The first-order valence-corrected chi connectivity index (χ1v) is 10.9. The molecule has 166 valence electrons. The summed E-state index contributed by atoms with van der Waals surface area (Å²) in [6.07, 6.45) is 1.46. The van der Waals surface area contributed by atoms with Crippen molar-refractivity contribution in [3.63, 3.8) is 0 Å². The summed E-state index contributed by atoms with van der Waals surface area (Å²) in [7, 11) is 0. The Balaban J connectivity index is 1.48. The third-order valence-corrected chi connectivity index (χ3v) is 5.22. The van der Waals surface area contributed by atoms with Crippen molar-refractivity contribution in [3.05, 3.63) is 59.5 Å². The number of hydrogen-bond donors (Lipinski definition) is 0. The molecule has 6 heteroatoms. The Morgan fingerprint density at radius 3 is 2.68 bits per heavy atom. The zero-order valence-electron chi connectivity index (χ0n) is 18.9. The lowest BCUT2D eigenvalue weighted by atomic mass is 10.1. The maximum atomic E-state index is 12.6. The molecule has 6 nitrogen and oxygen atoms in total. The van der Waals surface area contributed by atoms with Gasteiger partial charge in [-0.2, -0.15) is 0 Å². The number of hydrogen-bond acceptors (Lipinski definition) is 5. The van der Waals surface area contributed by atoms with Crippen molar-refractivity contribution in [1.82, 2.24) is 9.88 Å². The second-order valence-electron chi connectivity index (χ2n) is 8.00. The highest BCUT2D eigenvalue weighted by molar-refractivity contribution is 5.78. The van der Waals surface area contributed by atoms with Gasteiger partial charge in [0.2, 0.25) is 0 Å². The van der Waals surface area contributed by atoms with Crippen molar-refractivity contribution < 1.29 is 18.7 Å². The number of rotatable bonds is 10. The molecule has 1 heterocycles. The summed E-state index contributed by atoms with van der Waals surface area (Å²) in [6, 6.07) is 13.6. The van der Waals surface area contributed by atoms with Gasteiger partial charge in [0.15, 0.2) is 11.5 Å². The molecule has 0 saturated carbocycles. The number of benzene rings is 2. The minimum absolute atomic E-state index is 0.263. The predicted octanol–water partition coefficient (Wildman–Crippen LogP) is 5.90. The zero-order valence-corrected chi connectivity index (χ0v) is 18.9. The van der Waals surface area contributed by atoms with E-state index >= 15 is 0 Å². The summed E-state index contributed by atoms with van der Waals surface area (Å²) >= 11 is 0. The van der Waals surface area contributed by atoms with Crippen molar-refractivity contribution in [2.24, 2.45) is 5.92 Å².